The van der Waals surface area contributed by atoms with Gasteiger partial charge in [-0.1, -0.05) is 6.07 Å². The summed E-state index contributed by atoms with van der Waals surface area (Å²) < 4.78 is 18.1. The fourth-order valence-corrected chi connectivity index (χ4v) is 1.02. The summed E-state index contributed by atoms with van der Waals surface area (Å²) in [4.78, 5) is 0. The molecular weight excluding hydrogens is 171 g/mol. The van der Waals surface area contributed by atoms with E-state index in [2.05, 4.69) is 0 Å². The average Bonchev–Trinajstić information content (AvgIpc) is 2.03. The van der Waals surface area contributed by atoms with Crippen molar-refractivity contribution in [2.45, 2.75) is 26.6 Å². The van der Waals surface area contributed by atoms with Gasteiger partial charge in [-0.15, -0.1) is 0 Å². The van der Waals surface area contributed by atoms with E-state index < -0.39 is 0 Å². The predicted molar refractivity (Wildman–Crippen MR) is 48.1 cm³/mol. The first kappa shape index (κ1) is 9.99. The molecule has 0 saturated carbocycles. The van der Waals surface area contributed by atoms with E-state index in [4.69, 9.17) is 9.84 Å². The summed E-state index contributed by atoms with van der Waals surface area (Å²) in [5.74, 6) is 0.0605. The van der Waals surface area contributed by atoms with Gasteiger partial charge in [0, 0.05) is 11.6 Å². The normalized spacial score (nSPS) is 10.5. The van der Waals surface area contributed by atoms with Gasteiger partial charge >= 0.3 is 0 Å². The number of hydrogen-bond donors (Lipinski definition) is 1. The Balaban J connectivity index is 2.94. The predicted octanol–water partition coefficient (Wildman–Crippen LogP) is 2.11. The Morgan fingerprint density at radius 1 is 1.46 bits per heavy atom. The average molecular weight is 184 g/mol. The van der Waals surface area contributed by atoms with E-state index >= 15 is 0 Å². The molecule has 0 amide bonds. The molecule has 0 aliphatic heterocycles. The summed E-state index contributed by atoms with van der Waals surface area (Å²) in [6, 6.07) is 4.11. The van der Waals surface area contributed by atoms with Crippen LogP contribution in [-0.4, -0.2) is 11.2 Å². The van der Waals surface area contributed by atoms with Crippen molar-refractivity contribution in [2.75, 3.05) is 0 Å². The Morgan fingerprint density at radius 2 is 2.15 bits per heavy atom. The van der Waals surface area contributed by atoms with Crippen molar-refractivity contribution in [1.82, 2.24) is 0 Å². The number of aliphatic hydroxyl groups is 1. The highest BCUT2D eigenvalue weighted by Gasteiger charge is 2.05. The topological polar surface area (TPSA) is 29.5 Å². The lowest BCUT2D eigenvalue weighted by atomic mass is 10.2. The first-order valence-corrected chi connectivity index (χ1v) is 4.19. The minimum atomic E-state index is -0.354. The van der Waals surface area contributed by atoms with Crippen molar-refractivity contribution in [3.05, 3.63) is 29.6 Å². The smallest absolute Gasteiger partial charge is 0.128 e. The largest absolute Gasteiger partial charge is 0.491 e. The summed E-state index contributed by atoms with van der Waals surface area (Å²) in [6.45, 7) is 3.57. The molecule has 72 valence electrons. The van der Waals surface area contributed by atoms with Crippen molar-refractivity contribution in [3.63, 3.8) is 0 Å². The van der Waals surface area contributed by atoms with Gasteiger partial charge in [0.2, 0.25) is 0 Å². The first-order valence-electron chi connectivity index (χ1n) is 4.19. The monoisotopic (exact) mass is 184 g/mol. The second-order valence-corrected chi connectivity index (χ2v) is 3.08. The maximum absolute atomic E-state index is 12.8. The van der Waals surface area contributed by atoms with Gasteiger partial charge in [-0.25, -0.2) is 4.39 Å². The third-order valence-electron chi connectivity index (χ3n) is 1.56. The molecule has 0 unspecified atom stereocenters. The lowest BCUT2D eigenvalue weighted by Gasteiger charge is -2.12. The molecule has 0 aliphatic rings. The van der Waals surface area contributed by atoms with Crippen LogP contribution in [0, 0.1) is 5.82 Å². The Labute approximate surface area is 77.0 Å². The highest BCUT2D eigenvalue weighted by molar-refractivity contribution is 5.33. The molecule has 13 heavy (non-hydrogen) atoms. The molecule has 0 spiro atoms. The molecule has 1 aromatic carbocycles. The second kappa shape index (κ2) is 4.23. The van der Waals surface area contributed by atoms with Gasteiger partial charge in [0.15, 0.2) is 0 Å². The van der Waals surface area contributed by atoms with Crippen LogP contribution in [-0.2, 0) is 6.61 Å². The lowest BCUT2D eigenvalue weighted by molar-refractivity contribution is 0.224. The van der Waals surface area contributed by atoms with E-state index in [9.17, 15) is 4.39 Å². The minimum Gasteiger partial charge on any atom is -0.491 e. The van der Waals surface area contributed by atoms with Gasteiger partial charge < -0.3 is 9.84 Å². The maximum Gasteiger partial charge on any atom is 0.128 e. The molecule has 0 atom stereocenters. The summed E-state index contributed by atoms with van der Waals surface area (Å²) in [6.07, 6.45) is -0.0212. The molecule has 0 bridgehead atoms. The van der Waals surface area contributed by atoms with Gasteiger partial charge in [-0.05, 0) is 19.9 Å². The van der Waals surface area contributed by atoms with E-state index in [1.165, 1.54) is 18.2 Å². The standard InChI is InChI=1S/C10H13FO2/c1-7(2)13-10-5-9(11)4-3-8(10)6-12/h3-5,7,12H,6H2,1-2H3. The molecule has 3 heteroatoms. The molecular formula is C10H13FO2. The zero-order valence-corrected chi connectivity index (χ0v) is 7.75. The van der Waals surface area contributed by atoms with E-state index in [-0.39, 0.29) is 18.5 Å². The van der Waals surface area contributed by atoms with Crippen LogP contribution in [0.1, 0.15) is 19.4 Å². The van der Waals surface area contributed by atoms with Gasteiger partial charge in [-0.2, -0.15) is 0 Å². The molecule has 1 aromatic rings. The fourth-order valence-electron chi connectivity index (χ4n) is 1.02. The quantitative estimate of drug-likeness (QED) is 0.779. The maximum atomic E-state index is 12.8. The summed E-state index contributed by atoms with van der Waals surface area (Å²) in [7, 11) is 0. The Bertz CT molecular complexity index is 284. The van der Waals surface area contributed by atoms with Gasteiger partial charge in [0.05, 0.1) is 12.7 Å². The Hall–Kier alpha value is -1.09. The fraction of sp³-hybridized carbons (Fsp3) is 0.400. The highest BCUT2D eigenvalue weighted by atomic mass is 19.1. The van der Waals surface area contributed by atoms with Gasteiger partial charge in [0.1, 0.15) is 11.6 Å². The van der Waals surface area contributed by atoms with Crippen molar-refractivity contribution in [1.29, 1.82) is 0 Å². The zero-order chi connectivity index (χ0) is 9.84. The summed E-state index contributed by atoms with van der Waals surface area (Å²) in [5.41, 5.74) is 0.607. The van der Waals surface area contributed by atoms with E-state index in [0.29, 0.717) is 11.3 Å². The van der Waals surface area contributed by atoms with E-state index in [1.54, 1.807) is 0 Å². The summed E-state index contributed by atoms with van der Waals surface area (Å²) in [5, 5.41) is 8.92. The molecule has 0 aliphatic carbocycles. The van der Waals surface area contributed by atoms with Crippen LogP contribution in [0.2, 0.25) is 0 Å². The number of hydrogen-bond acceptors (Lipinski definition) is 2. The Kier molecular flexibility index (Phi) is 3.25. The molecule has 0 aromatic heterocycles. The van der Waals surface area contributed by atoms with E-state index in [0.717, 1.165) is 0 Å². The zero-order valence-electron chi connectivity index (χ0n) is 7.75. The van der Waals surface area contributed by atoms with Crippen LogP contribution in [0.5, 0.6) is 5.75 Å². The van der Waals surface area contributed by atoms with Crippen molar-refractivity contribution >= 4 is 0 Å². The number of aliphatic hydroxyl groups excluding tert-OH is 1. The van der Waals surface area contributed by atoms with Gasteiger partial charge in [0.25, 0.3) is 0 Å². The molecule has 1 N–H and O–H groups in total. The van der Waals surface area contributed by atoms with Crippen LogP contribution in [0.15, 0.2) is 18.2 Å². The third-order valence-corrected chi connectivity index (χ3v) is 1.56. The number of ether oxygens (including phenoxy) is 1. The van der Waals surface area contributed by atoms with Crippen LogP contribution in [0.4, 0.5) is 4.39 Å². The number of benzene rings is 1. The summed E-state index contributed by atoms with van der Waals surface area (Å²) >= 11 is 0. The van der Waals surface area contributed by atoms with Crippen molar-refractivity contribution < 1.29 is 14.2 Å². The Morgan fingerprint density at radius 3 is 2.69 bits per heavy atom. The van der Waals surface area contributed by atoms with Crippen molar-refractivity contribution in [3.8, 4) is 5.75 Å². The van der Waals surface area contributed by atoms with Crippen LogP contribution in [0.3, 0.4) is 0 Å². The van der Waals surface area contributed by atoms with Crippen LogP contribution in [0.25, 0.3) is 0 Å². The molecule has 2 nitrogen and oxygen atoms in total. The second-order valence-electron chi connectivity index (χ2n) is 3.08. The number of halogens is 1. The lowest BCUT2D eigenvalue weighted by Crippen LogP contribution is -2.07. The molecule has 0 heterocycles. The van der Waals surface area contributed by atoms with Crippen LogP contribution < -0.4 is 4.74 Å². The molecule has 1 rings (SSSR count). The molecule has 0 radical (unpaired) electrons. The van der Waals surface area contributed by atoms with Gasteiger partial charge in [-0.3, -0.25) is 0 Å². The van der Waals surface area contributed by atoms with Crippen molar-refractivity contribution in [2.24, 2.45) is 0 Å². The first-order chi connectivity index (χ1) is 6.13. The SMILES string of the molecule is CC(C)Oc1cc(F)ccc1CO. The molecule has 0 fully saturated rings. The number of rotatable bonds is 3. The van der Waals surface area contributed by atoms with Crippen LogP contribution >= 0.6 is 0 Å². The van der Waals surface area contributed by atoms with E-state index in [1.807, 2.05) is 13.8 Å². The highest BCUT2D eigenvalue weighted by Crippen LogP contribution is 2.20. The molecule has 0 saturated heterocycles. The third kappa shape index (κ3) is 2.70. The minimum absolute atomic E-state index is 0.0212.